The first-order valence-corrected chi connectivity index (χ1v) is 8.69. The van der Waals surface area contributed by atoms with E-state index in [1.54, 1.807) is 23.9 Å². The highest BCUT2D eigenvalue weighted by molar-refractivity contribution is 7.99. The summed E-state index contributed by atoms with van der Waals surface area (Å²) in [6.07, 6.45) is 0. The molecule has 122 valence electrons. The molecule has 0 bridgehead atoms. The van der Waals surface area contributed by atoms with Gasteiger partial charge >= 0.3 is 0 Å². The van der Waals surface area contributed by atoms with E-state index < -0.39 is 0 Å². The minimum absolute atomic E-state index is 0.113. The molecule has 1 amide bonds. The summed E-state index contributed by atoms with van der Waals surface area (Å²) in [5, 5.41) is 3.75. The van der Waals surface area contributed by atoms with E-state index in [1.807, 2.05) is 66.7 Å². The lowest BCUT2D eigenvalue weighted by atomic mass is 10.2. The van der Waals surface area contributed by atoms with Gasteiger partial charge in [0.1, 0.15) is 0 Å². The number of benzene rings is 3. The summed E-state index contributed by atoms with van der Waals surface area (Å²) < 4.78 is 0. The average molecular weight is 345 g/mol. The fourth-order valence-electron chi connectivity index (χ4n) is 2.49. The first-order chi connectivity index (χ1) is 12.3. The van der Waals surface area contributed by atoms with Crippen LogP contribution in [-0.4, -0.2) is 15.9 Å². The Morgan fingerprint density at radius 2 is 1.60 bits per heavy atom. The monoisotopic (exact) mass is 345 g/mol. The Morgan fingerprint density at radius 1 is 0.880 bits per heavy atom. The first kappa shape index (κ1) is 15.5. The minimum atomic E-state index is -0.113. The van der Waals surface area contributed by atoms with Crippen LogP contribution < -0.4 is 5.32 Å². The lowest BCUT2D eigenvalue weighted by Crippen LogP contribution is -2.11. The van der Waals surface area contributed by atoms with Gasteiger partial charge < -0.3 is 10.3 Å². The van der Waals surface area contributed by atoms with Crippen LogP contribution in [-0.2, 0) is 0 Å². The van der Waals surface area contributed by atoms with E-state index in [0.717, 1.165) is 26.8 Å². The smallest absolute Gasteiger partial charge is 0.255 e. The van der Waals surface area contributed by atoms with E-state index in [-0.39, 0.29) is 5.91 Å². The summed E-state index contributed by atoms with van der Waals surface area (Å²) in [5.74, 6) is -0.113. The quantitative estimate of drug-likeness (QED) is 0.549. The second-order valence-electron chi connectivity index (χ2n) is 5.51. The van der Waals surface area contributed by atoms with Crippen LogP contribution in [0.2, 0.25) is 0 Å². The first-order valence-electron chi connectivity index (χ1n) is 7.87. The number of anilines is 1. The zero-order valence-corrected chi connectivity index (χ0v) is 14.1. The summed E-state index contributed by atoms with van der Waals surface area (Å²) in [5.41, 5.74) is 3.39. The topological polar surface area (TPSA) is 57.8 Å². The van der Waals surface area contributed by atoms with Crippen molar-refractivity contribution in [2.75, 3.05) is 5.32 Å². The number of carbonyl (C=O) groups is 1. The Morgan fingerprint density at radius 3 is 2.36 bits per heavy atom. The molecular weight excluding hydrogens is 330 g/mol. The van der Waals surface area contributed by atoms with Crippen molar-refractivity contribution in [3.8, 4) is 0 Å². The number of nitrogens with zero attached hydrogens (tertiary/aromatic N) is 1. The second kappa shape index (κ2) is 6.83. The van der Waals surface area contributed by atoms with Crippen molar-refractivity contribution in [3.05, 3.63) is 84.4 Å². The molecule has 4 aromatic rings. The predicted octanol–water partition coefficient (Wildman–Crippen LogP) is 4.97. The fourth-order valence-corrected chi connectivity index (χ4v) is 3.29. The fraction of sp³-hybridized carbons (Fsp3) is 0. The van der Waals surface area contributed by atoms with Gasteiger partial charge in [0.2, 0.25) is 0 Å². The predicted molar refractivity (Wildman–Crippen MR) is 101 cm³/mol. The third kappa shape index (κ3) is 3.56. The number of rotatable bonds is 4. The van der Waals surface area contributed by atoms with Crippen LogP contribution in [0.25, 0.3) is 11.0 Å². The molecule has 0 fully saturated rings. The Hall–Kier alpha value is -3.05. The van der Waals surface area contributed by atoms with E-state index in [2.05, 4.69) is 15.3 Å². The van der Waals surface area contributed by atoms with E-state index >= 15 is 0 Å². The van der Waals surface area contributed by atoms with Gasteiger partial charge in [0, 0.05) is 16.1 Å². The number of hydrogen-bond acceptors (Lipinski definition) is 3. The lowest BCUT2D eigenvalue weighted by molar-refractivity contribution is 0.102. The molecule has 2 N–H and O–H groups in total. The van der Waals surface area contributed by atoms with Crippen LogP contribution in [0.5, 0.6) is 0 Å². The number of hydrogen-bond donors (Lipinski definition) is 2. The highest BCUT2D eigenvalue weighted by atomic mass is 32.2. The Kier molecular flexibility index (Phi) is 4.23. The number of amides is 1. The normalized spacial score (nSPS) is 10.7. The number of para-hydroxylation sites is 2. The van der Waals surface area contributed by atoms with Crippen LogP contribution in [0, 0.1) is 0 Å². The maximum absolute atomic E-state index is 12.2. The van der Waals surface area contributed by atoms with Gasteiger partial charge in [-0.25, -0.2) is 4.98 Å². The van der Waals surface area contributed by atoms with Gasteiger partial charge in [0.05, 0.1) is 11.0 Å². The largest absolute Gasteiger partial charge is 0.333 e. The summed E-state index contributed by atoms with van der Waals surface area (Å²) in [7, 11) is 0. The van der Waals surface area contributed by atoms with Crippen molar-refractivity contribution in [1.29, 1.82) is 0 Å². The number of aromatic amines is 1. The summed E-state index contributed by atoms with van der Waals surface area (Å²) in [4.78, 5) is 21.1. The summed E-state index contributed by atoms with van der Waals surface area (Å²) in [6.45, 7) is 0. The highest BCUT2D eigenvalue weighted by Crippen LogP contribution is 2.28. The second-order valence-corrected chi connectivity index (χ2v) is 6.57. The third-order valence-corrected chi connectivity index (χ3v) is 4.62. The van der Waals surface area contributed by atoms with Gasteiger partial charge in [-0.3, -0.25) is 4.79 Å². The van der Waals surface area contributed by atoms with E-state index in [9.17, 15) is 4.79 Å². The average Bonchev–Trinajstić information content (AvgIpc) is 3.06. The number of nitrogens with one attached hydrogen (secondary N) is 2. The van der Waals surface area contributed by atoms with Crippen molar-refractivity contribution in [2.45, 2.75) is 10.1 Å². The molecule has 0 unspecified atom stereocenters. The maximum Gasteiger partial charge on any atom is 0.255 e. The molecule has 0 aliphatic rings. The number of aromatic nitrogens is 2. The van der Waals surface area contributed by atoms with Crippen molar-refractivity contribution in [1.82, 2.24) is 9.97 Å². The summed E-state index contributed by atoms with van der Waals surface area (Å²) >= 11 is 1.56. The standard InChI is InChI=1S/C20H15N3OS/c24-19(14-6-2-1-3-7-14)21-15-10-12-16(13-11-15)25-20-22-17-8-4-5-9-18(17)23-20/h1-13H,(H,21,24)(H,22,23). The van der Waals surface area contributed by atoms with E-state index in [4.69, 9.17) is 0 Å². The van der Waals surface area contributed by atoms with Gasteiger partial charge in [0.15, 0.2) is 5.16 Å². The van der Waals surface area contributed by atoms with Crippen LogP contribution in [0.4, 0.5) is 5.69 Å². The van der Waals surface area contributed by atoms with Gasteiger partial charge in [-0.15, -0.1) is 0 Å². The molecule has 3 aromatic carbocycles. The summed E-state index contributed by atoms with van der Waals surface area (Å²) in [6, 6.07) is 24.9. The molecule has 0 aliphatic heterocycles. The highest BCUT2D eigenvalue weighted by Gasteiger charge is 2.07. The molecule has 0 saturated heterocycles. The van der Waals surface area contributed by atoms with Crippen LogP contribution in [0.3, 0.4) is 0 Å². The maximum atomic E-state index is 12.2. The molecule has 4 nitrogen and oxygen atoms in total. The molecule has 4 rings (SSSR count). The number of imidazole rings is 1. The van der Waals surface area contributed by atoms with Gasteiger partial charge in [-0.2, -0.15) is 0 Å². The van der Waals surface area contributed by atoms with Crippen LogP contribution in [0.1, 0.15) is 10.4 Å². The minimum Gasteiger partial charge on any atom is -0.333 e. The van der Waals surface area contributed by atoms with Crippen LogP contribution in [0.15, 0.2) is 88.9 Å². The molecule has 1 aromatic heterocycles. The Labute approximate surface area is 149 Å². The Bertz CT molecular complexity index is 977. The SMILES string of the molecule is O=C(Nc1ccc(Sc2nc3ccccc3[nH]2)cc1)c1ccccc1. The van der Waals surface area contributed by atoms with E-state index in [1.165, 1.54) is 0 Å². The molecular formula is C20H15N3OS. The number of H-pyrrole nitrogens is 1. The van der Waals surface area contributed by atoms with Crippen molar-refractivity contribution < 1.29 is 4.79 Å². The van der Waals surface area contributed by atoms with Gasteiger partial charge in [-0.1, -0.05) is 42.1 Å². The molecule has 0 aliphatic carbocycles. The van der Waals surface area contributed by atoms with Gasteiger partial charge in [-0.05, 0) is 48.5 Å². The molecule has 25 heavy (non-hydrogen) atoms. The molecule has 0 radical (unpaired) electrons. The molecule has 5 heteroatoms. The van der Waals surface area contributed by atoms with Gasteiger partial charge in [0.25, 0.3) is 5.91 Å². The Balaban J connectivity index is 1.45. The number of carbonyl (C=O) groups excluding carboxylic acids is 1. The number of fused-ring (bicyclic) bond motifs is 1. The zero-order chi connectivity index (χ0) is 17.1. The van der Waals surface area contributed by atoms with Crippen LogP contribution >= 0.6 is 11.8 Å². The zero-order valence-electron chi connectivity index (χ0n) is 13.3. The molecule has 0 atom stereocenters. The third-order valence-electron chi connectivity index (χ3n) is 3.73. The molecule has 0 saturated carbocycles. The van der Waals surface area contributed by atoms with Crippen molar-refractivity contribution in [3.63, 3.8) is 0 Å². The van der Waals surface area contributed by atoms with Crippen molar-refractivity contribution in [2.24, 2.45) is 0 Å². The van der Waals surface area contributed by atoms with E-state index in [0.29, 0.717) is 5.56 Å². The molecule has 1 heterocycles. The lowest BCUT2D eigenvalue weighted by Gasteiger charge is -2.06. The molecule has 0 spiro atoms. The van der Waals surface area contributed by atoms with Crippen molar-refractivity contribution >= 4 is 34.4 Å².